The predicted octanol–water partition coefficient (Wildman–Crippen LogP) is -1.34. The molecule has 2 radical (unpaired) electrons. The van der Waals surface area contributed by atoms with E-state index in [1.54, 1.807) is 0 Å². The van der Waals surface area contributed by atoms with Crippen LogP contribution in [0.15, 0.2) is 0 Å². The van der Waals surface area contributed by atoms with Gasteiger partial charge in [0.2, 0.25) is 0 Å². The molecule has 0 aromatic heterocycles. The van der Waals surface area contributed by atoms with E-state index in [2.05, 4.69) is 4.74 Å². The molecule has 0 N–H and O–H groups in total. The quantitative estimate of drug-likeness (QED) is 0.403. The summed E-state index contributed by atoms with van der Waals surface area (Å²) in [5.41, 5.74) is 0. The number of hydrogen-bond acceptors (Lipinski definition) is 3. The number of hydrogen-bond donors (Lipinski definition) is 0. The minimum atomic E-state index is 0. The molecule has 9 heavy (non-hydrogen) atoms. The molecule has 0 unspecified atom stereocenters. The van der Waals surface area contributed by atoms with Crippen LogP contribution < -0.4 is 0 Å². The molecular formula is C2H2Co2K2N2O. The summed E-state index contributed by atoms with van der Waals surface area (Å²) in [6.07, 6.45) is 2.31. The van der Waals surface area contributed by atoms with E-state index in [1.807, 2.05) is 0 Å². The second-order valence-electron chi connectivity index (χ2n) is 0.285. The molecule has 0 fully saturated rings. The van der Waals surface area contributed by atoms with Crippen molar-refractivity contribution >= 4 is 103 Å². The van der Waals surface area contributed by atoms with Crippen LogP contribution in [-0.4, -0.2) is 103 Å². The molecule has 0 aliphatic rings. The summed E-state index contributed by atoms with van der Waals surface area (Å²) in [5, 5.41) is 14.7. The zero-order chi connectivity index (χ0) is 4.12. The van der Waals surface area contributed by atoms with Crippen LogP contribution in [0.3, 0.4) is 0 Å². The summed E-state index contributed by atoms with van der Waals surface area (Å²) in [6.45, 7) is 0. The monoisotopic (exact) mass is 266 g/mol. The Labute approximate surface area is 159 Å². The maximum atomic E-state index is 7.37. The number of rotatable bonds is 0. The van der Waals surface area contributed by atoms with Gasteiger partial charge in [-0.15, -0.1) is 10.5 Å². The van der Waals surface area contributed by atoms with Crippen LogP contribution in [0.25, 0.3) is 0 Å². The summed E-state index contributed by atoms with van der Waals surface area (Å²) in [6, 6.07) is 0. The van der Waals surface area contributed by atoms with Gasteiger partial charge in [0.05, 0.1) is 0 Å². The fraction of sp³-hybridized carbons (Fsp3) is 0. The van der Waals surface area contributed by atoms with E-state index >= 15 is 0 Å². The summed E-state index contributed by atoms with van der Waals surface area (Å²) >= 11 is 0. The van der Waals surface area contributed by atoms with E-state index in [4.69, 9.17) is 10.5 Å². The zero-order valence-corrected chi connectivity index (χ0v) is 5.05. The Bertz CT molecular complexity index is 85.7. The van der Waals surface area contributed by atoms with Crippen molar-refractivity contribution in [3.05, 3.63) is 0 Å². The van der Waals surface area contributed by atoms with Gasteiger partial charge in [-0.3, -0.25) is 0 Å². The third-order valence-corrected chi connectivity index (χ3v) is 0.0913. The van der Waals surface area contributed by atoms with E-state index in [0.29, 0.717) is 0 Å². The molecule has 0 spiro atoms. The van der Waals surface area contributed by atoms with Crippen LogP contribution in [0.1, 0.15) is 0 Å². The topological polar surface area (TPSA) is 56.8 Å². The molecule has 0 aliphatic carbocycles. The van der Waals surface area contributed by atoms with Crippen molar-refractivity contribution in [3.8, 4) is 12.5 Å². The molecular weight excluding hydrogens is 264 g/mol. The van der Waals surface area contributed by atoms with Crippen molar-refractivity contribution in [1.29, 1.82) is 10.5 Å². The SMILES string of the molecule is N#COC#N.[Co].[Co].[KH].[KH]. The first-order valence-corrected chi connectivity index (χ1v) is 0.855. The van der Waals surface area contributed by atoms with Gasteiger partial charge in [-0.1, -0.05) is 0 Å². The first kappa shape index (κ1) is 29.6. The van der Waals surface area contributed by atoms with Crippen LogP contribution in [-0.2, 0) is 38.3 Å². The molecule has 7 heteroatoms. The molecule has 0 saturated carbocycles. The fourth-order valence-electron chi connectivity index (χ4n) is 0.0204. The Hall–Kier alpha value is 3.07. The number of nitrogens with zero attached hydrogens (tertiary/aromatic N) is 2. The van der Waals surface area contributed by atoms with Gasteiger partial charge in [-0.25, -0.2) is 0 Å². The van der Waals surface area contributed by atoms with Crippen LogP contribution in [0.5, 0.6) is 0 Å². The van der Waals surface area contributed by atoms with Crippen molar-refractivity contribution in [3.63, 3.8) is 0 Å². The molecule has 46 valence electrons. The standard InChI is InChI=1S/C2N2O.2Co.2K.2H/c3-1-5-2-4;;;;;;. The molecule has 3 nitrogen and oxygen atoms in total. The van der Waals surface area contributed by atoms with Crippen molar-refractivity contribution < 1.29 is 38.3 Å². The van der Waals surface area contributed by atoms with Crippen molar-refractivity contribution in [2.75, 3.05) is 0 Å². The third kappa shape index (κ3) is 35.4. The Morgan fingerprint density at radius 2 is 1.11 bits per heavy atom. The molecule has 0 aromatic carbocycles. The van der Waals surface area contributed by atoms with Gasteiger partial charge < -0.3 is 4.74 Å². The van der Waals surface area contributed by atoms with E-state index in [-0.39, 0.29) is 136 Å². The molecule has 0 saturated heterocycles. The van der Waals surface area contributed by atoms with Gasteiger partial charge in [0, 0.05) is 33.6 Å². The molecule has 0 bridgehead atoms. The van der Waals surface area contributed by atoms with Gasteiger partial charge in [0.25, 0.3) is 0 Å². The Morgan fingerprint density at radius 1 is 0.889 bits per heavy atom. The average Bonchev–Trinajstić information content (AvgIpc) is 1.41. The van der Waals surface area contributed by atoms with Crippen LogP contribution in [0, 0.1) is 23.0 Å². The second kappa shape index (κ2) is 30.5. The third-order valence-electron chi connectivity index (χ3n) is 0.0913. The summed E-state index contributed by atoms with van der Waals surface area (Å²) in [4.78, 5) is 0. The Kier molecular flexibility index (Phi) is 100. The van der Waals surface area contributed by atoms with Gasteiger partial charge in [0.1, 0.15) is 0 Å². The summed E-state index contributed by atoms with van der Waals surface area (Å²) in [7, 11) is 0. The van der Waals surface area contributed by atoms with E-state index in [1.165, 1.54) is 0 Å². The van der Waals surface area contributed by atoms with Crippen LogP contribution in [0.2, 0.25) is 0 Å². The predicted molar refractivity (Wildman–Crippen MR) is 26.6 cm³/mol. The number of ether oxygens (including phenoxy) is 1. The first-order chi connectivity index (χ1) is 2.41. The molecule has 0 amide bonds. The van der Waals surface area contributed by atoms with Crippen molar-refractivity contribution in [2.24, 2.45) is 0 Å². The first-order valence-electron chi connectivity index (χ1n) is 0.855. The number of nitriles is 2. The molecule has 0 rings (SSSR count). The zero-order valence-electron chi connectivity index (χ0n) is 2.97. The Morgan fingerprint density at radius 3 is 1.11 bits per heavy atom. The second-order valence-corrected chi connectivity index (χ2v) is 0.285. The molecule has 0 atom stereocenters. The molecule has 0 aliphatic heterocycles. The van der Waals surface area contributed by atoms with Gasteiger partial charge >= 0.3 is 115 Å². The molecule has 0 heterocycles. The van der Waals surface area contributed by atoms with Crippen LogP contribution >= 0.6 is 0 Å². The van der Waals surface area contributed by atoms with Gasteiger partial charge in [-0.05, 0) is 0 Å². The van der Waals surface area contributed by atoms with Gasteiger partial charge in [-0.2, -0.15) is 0 Å². The van der Waals surface area contributed by atoms with E-state index in [9.17, 15) is 0 Å². The summed E-state index contributed by atoms with van der Waals surface area (Å²) in [5.74, 6) is 0. The van der Waals surface area contributed by atoms with Crippen molar-refractivity contribution in [1.82, 2.24) is 0 Å². The minimum absolute atomic E-state index is 0. The van der Waals surface area contributed by atoms with Crippen molar-refractivity contribution in [2.45, 2.75) is 0 Å². The van der Waals surface area contributed by atoms with E-state index in [0.717, 1.165) is 12.5 Å². The summed E-state index contributed by atoms with van der Waals surface area (Å²) < 4.78 is 3.44. The molecule has 0 aromatic rings. The maximum absolute atomic E-state index is 7.37. The van der Waals surface area contributed by atoms with Crippen LogP contribution in [0.4, 0.5) is 0 Å². The van der Waals surface area contributed by atoms with E-state index < -0.39 is 0 Å². The fourth-order valence-corrected chi connectivity index (χ4v) is 0.0204. The van der Waals surface area contributed by atoms with Gasteiger partial charge in [0.15, 0.2) is 0 Å². The normalized spacial score (nSPS) is 2.00. The Balaban J connectivity index is -0.0000000133. The average molecular weight is 266 g/mol.